The van der Waals surface area contributed by atoms with Gasteiger partial charge in [0.15, 0.2) is 0 Å². The molecular formula is C18H12N2O2S3. The first-order chi connectivity index (χ1) is 12.1. The summed E-state index contributed by atoms with van der Waals surface area (Å²) in [7, 11) is -3.54. The van der Waals surface area contributed by atoms with Crippen LogP contribution in [0, 0.1) is 0 Å². The molecule has 1 aliphatic heterocycles. The number of thiazole rings is 1. The number of sulfonamides is 1. The molecular weight excluding hydrogens is 372 g/mol. The standard InChI is InChI=1S/C18H12N2O2S3/c21-25(22)16-8-2-5-12-4-1-6-14(17(12)16)20(25)10-13-11-24-18(19-13)15-7-3-9-23-15/h1-9,11H,10H2. The predicted molar refractivity (Wildman–Crippen MR) is 103 cm³/mol. The van der Waals surface area contributed by atoms with Crippen LogP contribution >= 0.6 is 22.7 Å². The fourth-order valence-electron chi connectivity index (χ4n) is 3.17. The van der Waals surface area contributed by atoms with Crippen molar-refractivity contribution in [3.05, 3.63) is 65.0 Å². The first-order valence-electron chi connectivity index (χ1n) is 7.67. The van der Waals surface area contributed by atoms with Gasteiger partial charge in [-0.3, -0.25) is 4.31 Å². The lowest BCUT2D eigenvalue weighted by Crippen LogP contribution is -2.26. The molecule has 5 rings (SSSR count). The SMILES string of the molecule is O=S1(=O)c2cccc3cccc(c23)N1Cc1csc(-c2cccs2)n1. The quantitative estimate of drug-likeness (QED) is 0.513. The third kappa shape index (κ3) is 2.23. The molecule has 0 aliphatic carbocycles. The molecule has 0 atom stereocenters. The van der Waals surface area contributed by atoms with E-state index in [1.165, 1.54) is 4.31 Å². The van der Waals surface area contributed by atoms with E-state index in [0.29, 0.717) is 4.90 Å². The molecule has 2 aromatic carbocycles. The van der Waals surface area contributed by atoms with Gasteiger partial charge >= 0.3 is 0 Å². The van der Waals surface area contributed by atoms with Crippen molar-refractivity contribution in [2.24, 2.45) is 0 Å². The number of aromatic nitrogens is 1. The van der Waals surface area contributed by atoms with Crippen molar-refractivity contribution in [2.45, 2.75) is 11.4 Å². The van der Waals surface area contributed by atoms with Crippen LogP contribution < -0.4 is 4.31 Å². The molecule has 1 aliphatic rings. The third-order valence-corrected chi connectivity index (χ3v) is 8.00. The minimum absolute atomic E-state index is 0.248. The Labute approximate surface area is 153 Å². The summed E-state index contributed by atoms with van der Waals surface area (Å²) in [5.41, 5.74) is 1.50. The third-order valence-electron chi connectivity index (χ3n) is 4.27. The normalized spacial score (nSPS) is 15.1. The summed E-state index contributed by atoms with van der Waals surface area (Å²) >= 11 is 3.18. The lowest BCUT2D eigenvalue weighted by Gasteiger charge is -2.17. The number of rotatable bonds is 3. The van der Waals surface area contributed by atoms with Crippen molar-refractivity contribution in [3.8, 4) is 9.88 Å². The summed E-state index contributed by atoms with van der Waals surface area (Å²) in [6.45, 7) is 0.248. The van der Waals surface area contributed by atoms with E-state index in [1.54, 1.807) is 34.8 Å². The highest BCUT2D eigenvalue weighted by atomic mass is 32.2. The molecule has 0 radical (unpaired) electrons. The highest BCUT2D eigenvalue weighted by Crippen LogP contribution is 2.43. The lowest BCUT2D eigenvalue weighted by atomic mass is 10.1. The van der Waals surface area contributed by atoms with Gasteiger partial charge in [-0.25, -0.2) is 13.4 Å². The highest BCUT2D eigenvalue weighted by Gasteiger charge is 2.35. The van der Waals surface area contributed by atoms with E-state index in [1.807, 2.05) is 47.2 Å². The van der Waals surface area contributed by atoms with Gasteiger partial charge in [-0.2, -0.15) is 0 Å². The zero-order valence-electron chi connectivity index (χ0n) is 12.9. The molecule has 0 fully saturated rings. The molecule has 25 heavy (non-hydrogen) atoms. The zero-order valence-corrected chi connectivity index (χ0v) is 15.4. The zero-order chi connectivity index (χ0) is 17.0. The highest BCUT2D eigenvalue weighted by molar-refractivity contribution is 7.93. The van der Waals surface area contributed by atoms with Crippen LogP contribution in [0.3, 0.4) is 0 Å². The second-order valence-electron chi connectivity index (χ2n) is 5.76. The van der Waals surface area contributed by atoms with Gasteiger partial charge in [0.2, 0.25) is 0 Å². The van der Waals surface area contributed by atoms with Crippen LogP contribution in [0.25, 0.3) is 20.7 Å². The first-order valence-corrected chi connectivity index (χ1v) is 10.9. The Morgan fingerprint density at radius 3 is 2.64 bits per heavy atom. The van der Waals surface area contributed by atoms with Crippen LogP contribution in [0.4, 0.5) is 5.69 Å². The van der Waals surface area contributed by atoms with E-state index < -0.39 is 10.0 Å². The Balaban J connectivity index is 1.59. The second kappa shape index (κ2) is 5.39. The molecule has 0 unspecified atom stereocenters. The van der Waals surface area contributed by atoms with Gasteiger partial charge in [0.05, 0.1) is 27.7 Å². The monoisotopic (exact) mass is 384 g/mol. The van der Waals surface area contributed by atoms with Crippen molar-refractivity contribution < 1.29 is 8.42 Å². The number of benzene rings is 2. The van der Waals surface area contributed by atoms with Crippen molar-refractivity contribution in [2.75, 3.05) is 4.31 Å². The molecule has 0 spiro atoms. The maximum absolute atomic E-state index is 13.0. The number of thiophene rings is 1. The summed E-state index contributed by atoms with van der Waals surface area (Å²) in [5.74, 6) is 0. The van der Waals surface area contributed by atoms with Crippen LogP contribution in [-0.4, -0.2) is 13.4 Å². The van der Waals surface area contributed by atoms with Crippen LogP contribution in [0.5, 0.6) is 0 Å². The first kappa shape index (κ1) is 15.1. The molecule has 3 heterocycles. The number of hydrogen-bond donors (Lipinski definition) is 0. The average Bonchev–Trinajstić information content (AvgIpc) is 3.33. The fraction of sp³-hybridized carbons (Fsp3) is 0.0556. The molecule has 4 nitrogen and oxygen atoms in total. The van der Waals surface area contributed by atoms with E-state index in [0.717, 1.165) is 32.0 Å². The van der Waals surface area contributed by atoms with Gasteiger partial charge in [-0.15, -0.1) is 22.7 Å². The molecule has 124 valence electrons. The number of anilines is 1. The Kier molecular flexibility index (Phi) is 3.25. The van der Waals surface area contributed by atoms with Crippen molar-refractivity contribution in [3.63, 3.8) is 0 Å². The molecule has 4 aromatic rings. The minimum Gasteiger partial charge on any atom is -0.260 e. The smallest absolute Gasteiger partial charge is 0.260 e. The van der Waals surface area contributed by atoms with E-state index in [9.17, 15) is 8.42 Å². The lowest BCUT2D eigenvalue weighted by molar-refractivity contribution is 0.593. The summed E-state index contributed by atoms with van der Waals surface area (Å²) in [6.07, 6.45) is 0. The van der Waals surface area contributed by atoms with Crippen LogP contribution in [0.1, 0.15) is 5.69 Å². The van der Waals surface area contributed by atoms with Crippen molar-refractivity contribution in [1.82, 2.24) is 4.98 Å². The Bertz CT molecular complexity index is 1190. The van der Waals surface area contributed by atoms with Gasteiger partial charge in [-0.1, -0.05) is 30.3 Å². The molecule has 0 amide bonds. The number of nitrogens with zero attached hydrogens (tertiary/aromatic N) is 2. The summed E-state index contributed by atoms with van der Waals surface area (Å²) in [6, 6.07) is 15.1. The van der Waals surface area contributed by atoms with Gasteiger partial charge < -0.3 is 0 Å². The summed E-state index contributed by atoms with van der Waals surface area (Å²) in [4.78, 5) is 6.12. The van der Waals surface area contributed by atoms with Crippen LogP contribution in [0.15, 0.2) is 64.2 Å². The molecule has 0 saturated carbocycles. The van der Waals surface area contributed by atoms with Gasteiger partial charge in [0.1, 0.15) is 5.01 Å². The van der Waals surface area contributed by atoms with Gasteiger partial charge in [0.25, 0.3) is 10.0 Å². The van der Waals surface area contributed by atoms with E-state index in [4.69, 9.17) is 0 Å². The molecule has 2 aromatic heterocycles. The largest absolute Gasteiger partial charge is 0.265 e. The predicted octanol–water partition coefficient (Wildman–Crippen LogP) is 4.73. The topological polar surface area (TPSA) is 50.3 Å². The molecule has 0 bridgehead atoms. The summed E-state index contributed by atoms with van der Waals surface area (Å²) in [5, 5.41) is 6.63. The number of hydrogen-bond acceptors (Lipinski definition) is 5. The second-order valence-corrected chi connectivity index (χ2v) is 9.40. The van der Waals surface area contributed by atoms with Crippen molar-refractivity contribution in [1.29, 1.82) is 0 Å². The van der Waals surface area contributed by atoms with Crippen LogP contribution in [0.2, 0.25) is 0 Å². The maximum Gasteiger partial charge on any atom is 0.265 e. The fourth-order valence-corrected chi connectivity index (χ4v) is 6.48. The molecule has 0 N–H and O–H groups in total. The maximum atomic E-state index is 13.0. The van der Waals surface area contributed by atoms with Gasteiger partial charge in [-0.05, 0) is 29.0 Å². The molecule has 7 heteroatoms. The van der Waals surface area contributed by atoms with Crippen LogP contribution in [-0.2, 0) is 16.6 Å². The minimum atomic E-state index is -3.54. The van der Waals surface area contributed by atoms with E-state index in [-0.39, 0.29) is 6.54 Å². The Hall–Kier alpha value is -2.22. The Morgan fingerprint density at radius 2 is 1.84 bits per heavy atom. The molecule has 0 saturated heterocycles. The Morgan fingerprint density at radius 1 is 1.00 bits per heavy atom. The van der Waals surface area contributed by atoms with E-state index >= 15 is 0 Å². The van der Waals surface area contributed by atoms with E-state index in [2.05, 4.69) is 4.98 Å². The summed E-state index contributed by atoms with van der Waals surface area (Å²) < 4.78 is 27.5. The van der Waals surface area contributed by atoms with Crippen molar-refractivity contribution >= 4 is 49.2 Å². The average molecular weight is 385 g/mol. The van der Waals surface area contributed by atoms with Gasteiger partial charge in [0, 0.05) is 10.8 Å².